The summed E-state index contributed by atoms with van der Waals surface area (Å²) >= 11 is 0. The van der Waals surface area contributed by atoms with Gasteiger partial charge in [-0.25, -0.2) is 0 Å². The summed E-state index contributed by atoms with van der Waals surface area (Å²) in [6.45, 7) is 6.66. The molecular weight excluding hydrogens is 268 g/mol. The topological polar surface area (TPSA) is 70.4 Å². The molecule has 1 aliphatic rings. The van der Waals surface area contributed by atoms with Crippen LogP contribution in [0.1, 0.15) is 46.5 Å². The van der Waals surface area contributed by atoms with Crippen LogP contribution in [0, 0.1) is 29.1 Å². The van der Waals surface area contributed by atoms with Gasteiger partial charge in [0.2, 0.25) is 0 Å². The van der Waals surface area contributed by atoms with E-state index in [2.05, 4.69) is 19.9 Å². The van der Waals surface area contributed by atoms with Gasteiger partial charge in [0.15, 0.2) is 6.61 Å². The second-order valence-electron chi connectivity index (χ2n) is 6.32. The van der Waals surface area contributed by atoms with Crippen LogP contribution in [0.15, 0.2) is 0 Å². The van der Waals surface area contributed by atoms with Gasteiger partial charge in [-0.05, 0) is 37.5 Å². The van der Waals surface area contributed by atoms with Gasteiger partial charge in [-0.1, -0.05) is 13.8 Å². The first-order valence-electron chi connectivity index (χ1n) is 7.73. The zero-order valence-electron chi connectivity index (χ0n) is 13.3. The molecule has 21 heavy (non-hydrogen) atoms. The molecule has 0 bridgehead atoms. The summed E-state index contributed by atoms with van der Waals surface area (Å²) in [6, 6.07) is 2.33. The first-order valence-corrected chi connectivity index (χ1v) is 7.73. The van der Waals surface area contributed by atoms with E-state index in [0.717, 1.165) is 25.7 Å². The normalized spacial score (nSPS) is 21.7. The van der Waals surface area contributed by atoms with Gasteiger partial charge in [0.25, 0.3) is 5.91 Å². The quantitative estimate of drug-likeness (QED) is 0.705. The summed E-state index contributed by atoms with van der Waals surface area (Å²) in [5.41, 5.74) is 0. The van der Waals surface area contributed by atoms with E-state index >= 15 is 0 Å². The van der Waals surface area contributed by atoms with E-state index in [1.54, 1.807) is 0 Å². The van der Waals surface area contributed by atoms with Gasteiger partial charge in [0.1, 0.15) is 0 Å². The maximum atomic E-state index is 12.2. The number of nitrogens with zero attached hydrogens (tertiary/aromatic N) is 2. The van der Waals surface area contributed by atoms with Crippen molar-refractivity contribution in [2.75, 3.05) is 19.7 Å². The van der Waals surface area contributed by atoms with Gasteiger partial charge in [-0.15, -0.1) is 0 Å². The van der Waals surface area contributed by atoms with Crippen molar-refractivity contribution >= 4 is 11.9 Å². The molecule has 1 amide bonds. The third-order valence-electron chi connectivity index (χ3n) is 3.85. The van der Waals surface area contributed by atoms with Crippen LogP contribution in [0.3, 0.4) is 0 Å². The van der Waals surface area contributed by atoms with Gasteiger partial charge in [-0.3, -0.25) is 9.59 Å². The Bertz CT molecular complexity index is 393. The molecule has 5 nitrogen and oxygen atoms in total. The first kappa shape index (κ1) is 17.5. The summed E-state index contributed by atoms with van der Waals surface area (Å²) < 4.78 is 4.82. The SMILES string of the molecule is CC(=O)OCC(=O)N(CC(C)C)CC1CCC(C#N)CC1. The Hall–Kier alpha value is -1.57. The Morgan fingerprint density at radius 1 is 1.29 bits per heavy atom. The number of hydrogen-bond donors (Lipinski definition) is 0. The Kier molecular flexibility index (Phi) is 7.21. The van der Waals surface area contributed by atoms with E-state index in [4.69, 9.17) is 10.00 Å². The fourth-order valence-electron chi connectivity index (χ4n) is 2.76. The highest BCUT2D eigenvalue weighted by Gasteiger charge is 2.25. The molecule has 5 heteroatoms. The summed E-state index contributed by atoms with van der Waals surface area (Å²) in [4.78, 5) is 24.8. The molecule has 1 rings (SSSR count). The van der Waals surface area contributed by atoms with E-state index in [9.17, 15) is 9.59 Å². The lowest BCUT2D eigenvalue weighted by Crippen LogP contribution is -2.41. The summed E-state index contributed by atoms with van der Waals surface area (Å²) in [7, 11) is 0. The van der Waals surface area contributed by atoms with Gasteiger partial charge >= 0.3 is 5.97 Å². The molecule has 0 N–H and O–H groups in total. The Morgan fingerprint density at radius 2 is 1.90 bits per heavy atom. The number of carbonyl (C=O) groups is 2. The van der Waals surface area contributed by atoms with Crippen molar-refractivity contribution in [3.05, 3.63) is 0 Å². The largest absolute Gasteiger partial charge is 0.456 e. The van der Waals surface area contributed by atoms with E-state index in [0.29, 0.717) is 24.9 Å². The van der Waals surface area contributed by atoms with Crippen LogP contribution in [0.4, 0.5) is 0 Å². The van der Waals surface area contributed by atoms with Crippen LogP contribution in [0.5, 0.6) is 0 Å². The van der Waals surface area contributed by atoms with Crippen molar-refractivity contribution in [2.45, 2.75) is 46.5 Å². The molecule has 0 radical (unpaired) electrons. The third-order valence-corrected chi connectivity index (χ3v) is 3.85. The Morgan fingerprint density at radius 3 is 2.38 bits per heavy atom. The van der Waals surface area contributed by atoms with Crippen LogP contribution < -0.4 is 0 Å². The molecule has 118 valence electrons. The molecule has 0 atom stereocenters. The Labute approximate surface area is 127 Å². The number of ether oxygens (including phenoxy) is 1. The van der Waals surface area contributed by atoms with Crippen molar-refractivity contribution in [3.63, 3.8) is 0 Å². The van der Waals surface area contributed by atoms with Gasteiger partial charge in [-0.2, -0.15) is 5.26 Å². The summed E-state index contributed by atoms with van der Waals surface area (Å²) in [5, 5.41) is 8.93. The van der Waals surface area contributed by atoms with Gasteiger partial charge in [0, 0.05) is 25.9 Å². The molecule has 0 heterocycles. The Balaban J connectivity index is 2.51. The number of hydrogen-bond acceptors (Lipinski definition) is 4. The van der Waals surface area contributed by atoms with Crippen molar-refractivity contribution in [1.29, 1.82) is 5.26 Å². The zero-order chi connectivity index (χ0) is 15.8. The highest BCUT2D eigenvalue weighted by atomic mass is 16.5. The first-order chi connectivity index (χ1) is 9.92. The van der Waals surface area contributed by atoms with Crippen LogP contribution in [0.25, 0.3) is 0 Å². The molecule has 0 spiro atoms. The van der Waals surface area contributed by atoms with Crippen LogP contribution in [-0.4, -0.2) is 36.5 Å². The van der Waals surface area contributed by atoms with E-state index < -0.39 is 5.97 Å². The fourth-order valence-corrected chi connectivity index (χ4v) is 2.76. The molecular formula is C16H26N2O3. The zero-order valence-corrected chi connectivity index (χ0v) is 13.3. The molecule has 0 aromatic heterocycles. The monoisotopic (exact) mass is 294 g/mol. The predicted octanol–water partition coefficient (Wildman–Crippen LogP) is 2.36. The number of amides is 1. The van der Waals surface area contributed by atoms with Crippen molar-refractivity contribution < 1.29 is 14.3 Å². The molecule has 1 aliphatic carbocycles. The predicted molar refractivity (Wildman–Crippen MR) is 79.1 cm³/mol. The molecule has 1 fully saturated rings. The second-order valence-corrected chi connectivity index (χ2v) is 6.32. The fraction of sp³-hybridized carbons (Fsp3) is 0.812. The lowest BCUT2D eigenvalue weighted by molar-refractivity contribution is -0.150. The van der Waals surface area contributed by atoms with Crippen LogP contribution >= 0.6 is 0 Å². The minimum absolute atomic E-state index is 0.124. The third kappa shape index (κ3) is 6.61. The summed E-state index contributed by atoms with van der Waals surface area (Å²) in [5.74, 6) is 0.455. The van der Waals surface area contributed by atoms with Gasteiger partial charge in [0.05, 0.1) is 6.07 Å². The highest BCUT2D eigenvalue weighted by molar-refractivity contribution is 5.80. The van der Waals surface area contributed by atoms with E-state index in [1.165, 1.54) is 6.92 Å². The number of rotatable bonds is 6. The van der Waals surface area contributed by atoms with Gasteiger partial charge < -0.3 is 9.64 Å². The van der Waals surface area contributed by atoms with Crippen LogP contribution in [-0.2, 0) is 14.3 Å². The lowest BCUT2D eigenvalue weighted by atomic mass is 9.82. The average Bonchev–Trinajstić information content (AvgIpc) is 2.44. The van der Waals surface area contributed by atoms with Crippen molar-refractivity contribution in [1.82, 2.24) is 4.90 Å². The maximum absolute atomic E-state index is 12.2. The molecule has 0 aliphatic heterocycles. The highest BCUT2D eigenvalue weighted by Crippen LogP contribution is 2.29. The molecule has 0 saturated heterocycles. The number of carbonyl (C=O) groups excluding carboxylic acids is 2. The van der Waals surface area contributed by atoms with E-state index in [1.807, 2.05) is 4.90 Å². The minimum atomic E-state index is -0.428. The molecule has 0 unspecified atom stereocenters. The maximum Gasteiger partial charge on any atom is 0.303 e. The average molecular weight is 294 g/mol. The number of esters is 1. The lowest BCUT2D eigenvalue weighted by Gasteiger charge is -2.32. The smallest absolute Gasteiger partial charge is 0.303 e. The standard InChI is InChI=1S/C16H26N2O3/c1-12(2)9-18(16(20)11-21-13(3)19)10-15-6-4-14(8-17)5-7-15/h12,14-15H,4-7,9-11H2,1-3H3. The second kappa shape index (κ2) is 8.66. The van der Waals surface area contributed by atoms with Crippen molar-refractivity contribution in [3.8, 4) is 6.07 Å². The molecule has 1 saturated carbocycles. The van der Waals surface area contributed by atoms with Crippen LogP contribution in [0.2, 0.25) is 0 Å². The minimum Gasteiger partial charge on any atom is -0.456 e. The van der Waals surface area contributed by atoms with Crippen molar-refractivity contribution in [2.24, 2.45) is 17.8 Å². The summed E-state index contributed by atoms with van der Waals surface area (Å²) in [6.07, 6.45) is 3.84. The van der Waals surface area contributed by atoms with E-state index in [-0.39, 0.29) is 18.4 Å². The molecule has 0 aromatic carbocycles. The molecule has 0 aromatic rings. The number of nitriles is 1.